The van der Waals surface area contributed by atoms with Gasteiger partial charge in [0.1, 0.15) is 0 Å². The molecule has 5 heteroatoms. The number of hydrogen-bond acceptors (Lipinski definition) is 5. The minimum atomic E-state index is -0.525. The van der Waals surface area contributed by atoms with Crippen molar-refractivity contribution in [2.45, 2.75) is 24.4 Å². The van der Waals surface area contributed by atoms with Crippen LogP contribution in [0.3, 0.4) is 0 Å². The summed E-state index contributed by atoms with van der Waals surface area (Å²) in [4.78, 5) is 16.8. The van der Waals surface area contributed by atoms with Crippen LogP contribution in [0.25, 0.3) is 0 Å². The van der Waals surface area contributed by atoms with Gasteiger partial charge in [-0.05, 0) is 12.8 Å². The fraction of sp³-hybridized carbons (Fsp3) is 0.333. The quantitative estimate of drug-likeness (QED) is 0.819. The largest absolute Gasteiger partial charge is 0.392 e. The van der Waals surface area contributed by atoms with Gasteiger partial charge in [-0.2, -0.15) is 0 Å². The van der Waals surface area contributed by atoms with Crippen LogP contribution in [-0.4, -0.2) is 31.1 Å². The Bertz CT molecular complexity index is 463. The van der Waals surface area contributed by atoms with Gasteiger partial charge in [0, 0.05) is 37.2 Å². The van der Waals surface area contributed by atoms with Crippen molar-refractivity contribution in [1.82, 2.24) is 19.9 Å². The summed E-state index contributed by atoms with van der Waals surface area (Å²) in [6.45, 7) is 0. The Morgan fingerprint density at radius 2 is 1.59 bits per heavy atom. The van der Waals surface area contributed by atoms with Gasteiger partial charge >= 0.3 is 0 Å². The van der Waals surface area contributed by atoms with Gasteiger partial charge < -0.3 is 5.11 Å². The van der Waals surface area contributed by atoms with E-state index >= 15 is 0 Å². The van der Waals surface area contributed by atoms with Crippen LogP contribution in [-0.2, 0) is 5.41 Å². The normalized spacial score (nSPS) is 21.8. The summed E-state index contributed by atoms with van der Waals surface area (Å²) in [6.07, 6.45) is 11.0. The second kappa shape index (κ2) is 3.85. The molecular formula is C12H12N4O. The van der Waals surface area contributed by atoms with Crippen molar-refractivity contribution in [3.63, 3.8) is 0 Å². The van der Waals surface area contributed by atoms with Crippen molar-refractivity contribution in [3.05, 3.63) is 48.6 Å². The molecule has 0 spiro atoms. The Labute approximate surface area is 98.6 Å². The number of nitrogens with zero attached hydrogens (tertiary/aromatic N) is 4. The fourth-order valence-corrected chi connectivity index (χ4v) is 2.35. The van der Waals surface area contributed by atoms with Crippen LogP contribution in [0.1, 0.15) is 24.2 Å². The molecule has 86 valence electrons. The van der Waals surface area contributed by atoms with Crippen molar-refractivity contribution in [3.8, 4) is 0 Å². The second-order valence-corrected chi connectivity index (χ2v) is 4.21. The Hall–Kier alpha value is -1.88. The lowest BCUT2D eigenvalue weighted by atomic mass is 9.62. The molecule has 0 aromatic carbocycles. The van der Waals surface area contributed by atoms with Crippen LogP contribution >= 0.6 is 0 Å². The first kappa shape index (κ1) is 10.3. The lowest BCUT2D eigenvalue weighted by molar-refractivity contribution is 0.0122. The Morgan fingerprint density at radius 3 is 1.88 bits per heavy atom. The van der Waals surface area contributed by atoms with Crippen molar-refractivity contribution in [1.29, 1.82) is 0 Å². The van der Waals surface area contributed by atoms with Crippen LogP contribution in [0, 0.1) is 0 Å². The third-order valence-electron chi connectivity index (χ3n) is 3.42. The van der Waals surface area contributed by atoms with E-state index in [-0.39, 0.29) is 0 Å². The molecule has 0 aliphatic heterocycles. The van der Waals surface area contributed by atoms with E-state index in [9.17, 15) is 5.11 Å². The highest BCUT2D eigenvalue weighted by molar-refractivity contribution is 5.34. The molecule has 0 radical (unpaired) electrons. The van der Waals surface area contributed by atoms with E-state index in [1.165, 1.54) is 0 Å². The summed E-state index contributed by atoms with van der Waals surface area (Å²) in [5.41, 5.74) is 1.00. The van der Waals surface area contributed by atoms with E-state index in [1.54, 1.807) is 37.2 Å². The van der Waals surface area contributed by atoms with Crippen molar-refractivity contribution < 1.29 is 5.11 Å². The van der Waals surface area contributed by atoms with Gasteiger partial charge in [0.15, 0.2) is 0 Å². The van der Waals surface area contributed by atoms with Crippen LogP contribution in [0.4, 0.5) is 0 Å². The number of aliphatic hydroxyl groups excluding tert-OH is 1. The topological polar surface area (TPSA) is 71.8 Å². The average molecular weight is 228 g/mol. The van der Waals surface area contributed by atoms with Gasteiger partial charge in [0.05, 0.1) is 22.9 Å². The molecule has 2 heterocycles. The van der Waals surface area contributed by atoms with Crippen LogP contribution in [0.5, 0.6) is 0 Å². The minimum Gasteiger partial charge on any atom is -0.392 e. The third kappa shape index (κ3) is 1.43. The zero-order valence-electron chi connectivity index (χ0n) is 9.19. The number of aromatic nitrogens is 4. The molecular weight excluding hydrogens is 216 g/mol. The summed E-state index contributed by atoms with van der Waals surface area (Å²) in [7, 11) is 0. The zero-order chi connectivity index (χ0) is 11.7. The predicted molar refractivity (Wildman–Crippen MR) is 60.1 cm³/mol. The van der Waals surface area contributed by atoms with E-state index in [0.29, 0.717) is 0 Å². The summed E-state index contributed by atoms with van der Waals surface area (Å²) in [5.74, 6) is 0. The standard InChI is InChI=1S/C12H12N4O/c17-11-1-2-12(11,9-7-13-3-5-15-9)10-8-14-4-6-16-10/h3-8,11,17H,1-2H2. The fourth-order valence-electron chi connectivity index (χ4n) is 2.35. The van der Waals surface area contributed by atoms with Crippen molar-refractivity contribution in [2.24, 2.45) is 0 Å². The molecule has 1 unspecified atom stereocenters. The first-order valence-corrected chi connectivity index (χ1v) is 5.55. The second-order valence-electron chi connectivity index (χ2n) is 4.21. The van der Waals surface area contributed by atoms with Crippen LogP contribution < -0.4 is 0 Å². The molecule has 3 rings (SSSR count). The van der Waals surface area contributed by atoms with Gasteiger partial charge in [-0.1, -0.05) is 0 Å². The zero-order valence-corrected chi connectivity index (χ0v) is 9.19. The molecule has 1 fully saturated rings. The van der Waals surface area contributed by atoms with Crippen molar-refractivity contribution in [2.75, 3.05) is 0 Å². The molecule has 2 aromatic rings. The molecule has 1 saturated carbocycles. The van der Waals surface area contributed by atoms with Gasteiger partial charge in [-0.25, -0.2) is 0 Å². The lowest BCUT2D eigenvalue weighted by Gasteiger charge is -2.45. The number of rotatable bonds is 2. The molecule has 17 heavy (non-hydrogen) atoms. The van der Waals surface area contributed by atoms with Crippen molar-refractivity contribution >= 4 is 0 Å². The minimum absolute atomic E-state index is 0.462. The summed E-state index contributed by atoms with van der Waals surface area (Å²) >= 11 is 0. The number of hydrogen-bond donors (Lipinski definition) is 1. The van der Waals surface area contributed by atoms with Crippen LogP contribution in [0.15, 0.2) is 37.2 Å². The maximum atomic E-state index is 10.1. The maximum Gasteiger partial charge on any atom is 0.0837 e. The number of aliphatic hydroxyl groups is 1. The molecule has 0 amide bonds. The summed E-state index contributed by atoms with van der Waals surface area (Å²) in [5, 5.41) is 10.1. The van der Waals surface area contributed by atoms with Gasteiger partial charge in [0.2, 0.25) is 0 Å². The van der Waals surface area contributed by atoms with E-state index in [4.69, 9.17) is 0 Å². The van der Waals surface area contributed by atoms with E-state index in [1.807, 2.05) is 0 Å². The summed E-state index contributed by atoms with van der Waals surface area (Å²) < 4.78 is 0. The smallest absolute Gasteiger partial charge is 0.0837 e. The molecule has 1 atom stereocenters. The monoisotopic (exact) mass is 228 g/mol. The average Bonchev–Trinajstić information content (AvgIpc) is 2.40. The SMILES string of the molecule is OC1CCC1(c1cnccn1)c1cnccn1. The molecule has 1 aliphatic carbocycles. The highest BCUT2D eigenvalue weighted by Gasteiger charge is 2.51. The molecule has 0 bridgehead atoms. The highest BCUT2D eigenvalue weighted by Crippen LogP contribution is 2.47. The summed E-state index contributed by atoms with van der Waals surface area (Å²) in [6, 6.07) is 0. The van der Waals surface area contributed by atoms with E-state index in [2.05, 4.69) is 19.9 Å². The molecule has 0 saturated heterocycles. The first-order chi connectivity index (χ1) is 8.34. The highest BCUT2D eigenvalue weighted by atomic mass is 16.3. The predicted octanol–water partition coefficient (Wildman–Crippen LogP) is 0.707. The van der Waals surface area contributed by atoms with E-state index in [0.717, 1.165) is 24.2 Å². The lowest BCUT2D eigenvalue weighted by Crippen LogP contribution is -2.50. The van der Waals surface area contributed by atoms with Crippen LogP contribution in [0.2, 0.25) is 0 Å². The maximum absolute atomic E-state index is 10.1. The molecule has 1 N–H and O–H groups in total. The van der Waals surface area contributed by atoms with Gasteiger partial charge in [-0.15, -0.1) is 0 Å². The Balaban J connectivity index is 2.12. The molecule has 2 aromatic heterocycles. The molecule has 5 nitrogen and oxygen atoms in total. The molecule has 1 aliphatic rings. The Kier molecular flexibility index (Phi) is 2.33. The van der Waals surface area contributed by atoms with E-state index < -0.39 is 11.5 Å². The first-order valence-electron chi connectivity index (χ1n) is 5.55. The third-order valence-corrected chi connectivity index (χ3v) is 3.42. The van der Waals surface area contributed by atoms with Gasteiger partial charge in [-0.3, -0.25) is 19.9 Å². The van der Waals surface area contributed by atoms with Gasteiger partial charge in [0.25, 0.3) is 0 Å². The Morgan fingerprint density at radius 1 is 1.00 bits per heavy atom.